The monoisotopic (exact) mass is 431 g/mol. The highest BCUT2D eigenvalue weighted by Crippen LogP contribution is 2.55. The van der Waals surface area contributed by atoms with Crippen LogP contribution in [0.25, 0.3) is 0 Å². The first kappa shape index (κ1) is 19.8. The first-order valence-corrected chi connectivity index (χ1v) is 9.60. The lowest BCUT2D eigenvalue weighted by Crippen LogP contribution is -2.53. The number of fused-ring (bicyclic) bond motifs is 3. The summed E-state index contributed by atoms with van der Waals surface area (Å²) in [5.74, 6) is 0.258. The van der Waals surface area contributed by atoms with Gasteiger partial charge in [-0.1, -0.05) is 6.92 Å². The molecule has 8 heteroatoms. The number of ether oxygens (including phenoxy) is 4. The van der Waals surface area contributed by atoms with E-state index in [2.05, 4.69) is 15.9 Å². The molecule has 2 aliphatic heterocycles. The lowest BCUT2D eigenvalue weighted by Gasteiger charge is -2.53. The van der Waals surface area contributed by atoms with E-state index >= 15 is 0 Å². The normalized spacial score (nSPS) is 30.6. The second-order valence-corrected chi connectivity index (χ2v) is 7.92. The van der Waals surface area contributed by atoms with Crippen molar-refractivity contribution in [3.05, 3.63) is 26.6 Å². The van der Waals surface area contributed by atoms with Crippen molar-refractivity contribution in [2.75, 3.05) is 34.2 Å². The van der Waals surface area contributed by atoms with E-state index in [9.17, 15) is 9.90 Å². The van der Waals surface area contributed by atoms with Crippen LogP contribution in [-0.4, -0.2) is 50.0 Å². The summed E-state index contributed by atoms with van der Waals surface area (Å²) in [6, 6.07) is 0.0449. The first-order valence-electron chi connectivity index (χ1n) is 8.81. The Morgan fingerprint density at radius 2 is 2.23 bits per heavy atom. The molecule has 3 heterocycles. The van der Waals surface area contributed by atoms with Gasteiger partial charge in [0, 0.05) is 31.9 Å². The van der Waals surface area contributed by atoms with Crippen molar-refractivity contribution in [3.63, 3.8) is 0 Å². The molecule has 1 aromatic rings. The molecule has 0 amide bonds. The quantitative estimate of drug-likeness (QED) is 0.696. The zero-order valence-corrected chi connectivity index (χ0v) is 17.0. The Balaban J connectivity index is 2.25. The number of aromatic nitrogens is 1. The fourth-order valence-electron chi connectivity index (χ4n) is 4.38. The minimum Gasteiger partial charge on any atom is -0.491 e. The van der Waals surface area contributed by atoms with Gasteiger partial charge in [-0.3, -0.25) is 4.79 Å². The minimum absolute atomic E-state index is 0.000994. The number of pyridine rings is 1. The molecule has 3 rings (SSSR count). The van der Waals surface area contributed by atoms with Gasteiger partial charge in [-0.25, -0.2) is 0 Å². The molecule has 26 heavy (non-hydrogen) atoms. The van der Waals surface area contributed by atoms with E-state index in [1.807, 2.05) is 11.5 Å². The second kappa shape index (κ2) is 7.98. The summed E-state index contributed by atoms with van der Waals surface area (Å²) in [4.78, 5) is 12.7. The number of aliphatic hydroxyl groups excluding tert-OH is 1. The van der Waals surface area contributed by atoms with E-state index < -0.39 is 11.5 Å². The summed E-state index contributed by atoms with van der Waals surface area (Å²) in [5, 5.41) is 9.74. The van der Waals surface area contributed by atoms with Gasteiger partial charge < -0.3 is 28.6 Å². The van der Waals surface area contributed by atoms with Crippen LogP contribution in [0.3, 0.4) is 0 Å². The summed E-state index contributed by atoms with van der Waals surface area (Å²) >= 11 is 3.35. The average molecular weight is 432 g/mol. The Morgan fingerprint density at radius 3 is 2.88 bits per heavy atom. The number of aliphatic hydroxyl groups is 1. The predicted octanol–water partition coefficient (Wildman–Crippen LogP) is 2.40. The zero-order chi connectivity index (χ0) is 18.9. The van der Waals surface area contributed by atoms with Crippen LogP contribution in [0.15, 0.2) is 15.5 Å². The molecule has 0 spiro atoms. The summed E-state index contributed by atoms with van der Waals surface area (Å²) in [7, 11) is 3.04. The molecular formula is C18H26BrNO6. The van der Waals surface area contributed by atoms with Crippen molar-refractivity contribution >= 4 is 15.9 Å². The maximum Gasteiger partial charge on any atom is 0.237 e. The molecule has 1 fully saturated rings. The van der Waals surface area contributed by atoms with Gasteiger partial charge in [0.1, 0.15) is 12.9 Å². The number of halogens is 1. The Kier molecular flexibility index (Phi) is 6.08. The van der Waals surface area contributed by atoms with Gasteiger partial charge >= 0.3 is 0 Å². The molecule has 0 bridgehead atoms. The van der Waals surface area contributed by atoms with Crippen molar-refractivity contribution in [1.82, 2.24) is 4.57 Å². The van der Waals surface area contributed by atoms with Crippen molar-refractivity contribution in [2.24, 2.45) is 5.41 Å². The van der Waals surface area contributed by atoms with E-state index in [-0.39, 0.29) is 36.7 Å². The van der Waals surface area contributed by atoms with Crippen LogP contribution >= 0.6 is 15.9 Å². The van der Waals surface area contributed by atoms with Gasteiger partial charge in [-0.15, -0.1) is 0 Å². The lowest BCUT2D eigenvalue weighted by atomic mass is 9.68. The van der Waals surface area contributed by atoms with Crippen LogP contribution in [0.2, 0.25) is 0 Å². The molecule has 0 radical (unpaired) electrons. The van der Waals surface area contributed by atoms with Gasteiger partial charge in [0.15, 0.2) is 5.75 Å². The third kappa shape index (κ3) is 3.11. The number of rotatable bonds is 6. The number of hydrogen-bond donors (Lipinski definition) is 1. The summed E-state index contributed by atoms with van der Waals surface area (Å²) in [6.07, 6.45) is 3.49. The van der Waals surface area contributed by atoms with Crippen molar-refractivity contribution in [3.8, 4) is 5.75 Å². The smallest absolute Gasteiger partial charge is 0.237 e. The highest BCUT2D eigenvalue weighted by atomic mass is 79.9. The number of nitrogens with zero attached hydrogens (tertiary/aromatic N) is 1. The van der Waals surface area contributed by atoms with Gasteiger partial charge in [-0.05, 0) is 35.2 Å². The molecule has 4 atom stereocenters. The fraction of sp³-hybridized carbons (Fsp3) is 0.722. The highest BCUT2D eigenvalue weighted by Gasteiger charge is 2.54. The number of methoxy groups -OCH3 is 2. The molecule has 0 aliphatic carbocycles. The van der Waals surface area contributed by atoms with Crippen molar-refractivity contribution in [2.45, 2.75) is 44.4 Å². The van der Waals surface area contributed by atoms with Crippen LogP contribution < -0.4 is 10.2 Å². The van der Waals surface area contributed by atoms with Crippen LogP contribution in [0.4, 0.5) is 0 Å². The standard InChI is InChI=1S/C18H26BrNO6/c1-18(6-7-21)16-12(5-4-8-25-16)20-9-11(19)14(22)15(24-3)13(20)17(18)26-10-23-2/h9,12,16-17,21H,4-8,10H2,1-3H3. The molecule has 146 valence electrons. The average Bonchev–Trinajstić information content (AvgIpc) is 2.64. The maximum atomic E-state index is 12.7. The van der Waals surface area contributed by atoms with Crippen LogP contribution in [0.5, 0.6) is 5.75 Å². The van der Waals surface area contributed by atoms with E-state index in [0.29, 0.717) is 23.2 Å². The van der Waals surface area contributed by atoms with Gasteiger partial charge in [0.25, 0.3) is 0 Å². The molecule has 1 aromatic heterocycles. The SMILES string of the molecule is COCOC1c2c(OC)c(=O)c(Br)cn2C2CCCOC2C1(C)CCO. The van der Waals surface area contributed by atoms with E-state index in [4.69, 9.17) is 18.9 Å². The molecule has 7 nitrogen and oxygen atoms in total. The summed E-state index contributed by atoms with van der Waals surface area (Å²) in [5.41, 5.74) is -0.0573. The molecule has 2 aliphatic rings. The Labute approximate surface area is 161 Å². The Hall–Kier alpha value is -0.930. The number of hydrogen-bond acceptors (Lipinski definition) is 6. The zero-order valence-electron chi connectivity index (χ0n) is 15.4. The second-order valence-electron chi connectivity index (χ2n) is 7.07. The minimum atomic E-state index is -0.522. The van der Waals surface area contributed by atoms with Crippen LogP contribution in [0.1, 0.15) is 44.0 Å². The van der Waals surface area contributed by atoms with E-state index in [1.165, 1.54) is 7.11 Å². The third-order valence-corrected chi connectivity index (χ3v) is 6.10. The predicted molar refractivity (Wildman–Crippen MR) is 98.5 cm³/mol. The van der Waals surface area contributed by atoms with Crippen molar-refractivity contribution in [1.29, 1.82) is 0 Å². The van der Waals surface area contributed by atoms with Gasteiger partial charge in [-0.2, -0.15) is 0 Å². The third-order valence-electron chi connectivity index (χ3n) is 5.54. The van der Waals surface area contributed by atoms with Gasteiger partial charge in [0.2, 0.25) is 5.43 Å². The molecule has 4 unspecified atom stereocenters. The Bertz CT molecular complexity index is 708. The highest BCUT2D eigenvalue weighted by molar-refractivity contribution is 9.10. The van der Waals surface area contributed by atoms with E-state index in [1.54, 1.807) is 13.3 Å². The first-order chi connectivity index (χ1) is 12.5. The Morgan fingerprint density at radius 1 is 1.46 bits per heavy atom. The molecule has 1 N–H and O–H groups in total. The van der Waals surface area contributed by atoms with Gasteiger partial charge in [0.05, 0.1) is 29.4 Å². The van der Waals surface area contributed by atoms with Crippen LogP contribution in [-0.2, 0) is 14.2 Å². The molecule has 0 aromatic carbocycles. The maximum absolute atomic E-state index is 12.7. The fourth-order valence-corrected chi connectivity index (χ4v) is 4.78. The molecule has 1 saturated heterocycles. The topological polar surface area (TPSA) is 79.2 Å². The molecular weight excluding hydrogens is 406 g/mol. The largest absolute Gasteiger partial charge is 0.491 e. The molecule has 0 saturated carbocycles. The summed E-state index contributed by atoms with van der Waals surface area (Å²) in [6.45, 7) is 2.78. The van der Waals surface area contributed by atoms with Crippen molar-refractivity contribution < 1.29 is 24.1 Å². The van der Waals surface area contributed by atoms with E-state index in [0.717, 1.165) is 12.8 Å². The lowest BCUT2D eigenvalue weighted by molar-refractivity contribution is -0.202. The summed E-state index contributed by atoms with van der Waals surface area (Å²) < 4.78 is 25.3. The van der Waals surface area contributed by atoms with Crippen LogP contribution in [0, 0.1) is 5.41 Å².